The lowest BCUT2D eigenvalue weighted by molar-refractivity contribution is 0.471. The molecule has 0 bridgehead atoms. The van der Waals surface area contributed by atoms with E-state index in [0.29, 0.717) is 41.4 Å². The van der Waals surface area contributed by atoms with Gasteiger partial charge in [0, 0.05) is 57.7 Å². The van der Waals surface area contributed by atoms with E-state index in [1.807, 2.05) is 146 Å². The van der Waals surface area contributed by atoms with Crippen LogP contribution in [-0.4, -0.2) is 40.1 Å². The zero-order chi connectivity index (χ0) is 55.9. The largest absolute Gasteiger partial charge is 0.451 e. The molecular weight excluding hydrogens is 929 g/mol. The summed E-state index contributed by atoms with van der Waals surface area (Å²) in [7, 11) is 0. The van der Waals surface area contributed by atoms with Crippen molar-refractivity contribution in [1.82, 2.24) is 40.1 Å². The number of H-pyrrole nitrogens is 1. The Balaban J connectivity index is -0.000000127. The highest BCUT2D eigenvalue weighted by Crippen LogP contribution is 2.17. The lowest BCUT2D eigenvalue weighted by atomic mass is 10.1. The molecule has 0 aliphatic carbocycles. The maximum atomic E-state index is 4.98. The van der Waals surface area contributed by atoms with Gasteiger partial charge >= 0.3 is 0 Å². The van der Waals surface area contributed by atoms with Gasteiger partial charge in [0.1, 0.15) is 18.3 Å². The van der Waals surface area contributed by atoms with E-state index >= 15 is 0 Å². The third-order valence-corrected chi connectivity index (χ3v) is 9.92. The van der Waals surface area contributed by atoms with Crippen LogP contribution in [0.2, 0.25) is 0 Å². The Hall–Kier alpha value is -4.27. The number of aromatic amines is 1. The highest BCUT2D eigenvalue weighted by Gasteiger charge is 2.02. The topological polar surface area (TPSA) is 145 Å². The number of nitrogens with one attached hydrogen (secondary N) is 1. The molecule has 0 aromatic carbocycles. The van der Waals surface area contributed by atoms with Crippen molar-refractivity contribution in [3.63, 3.8) is 0 Å². The number of rotatable bonds is 7. The molecule has 0 atom stereocenters. The number of oxazole rings is 3. The van der Waals surface area contributed by atoms with Gasteiger partial charge in [-0.1, -0.05) is 194 Å². The van der Waals surface area contributed by atoms with Crippen molar-refractivity contribution in [1.29, 1.82) is 0 Å². The van der Waals surface area contributed by atoms with Crippen LogP contribution in [0.3, 0.4) is 0 Å². The average molecular weight is 1040 g/mol. The molecule has 0 saturated heterocycles. The van der Waals surface area contributed by atoms with Gasteiger partial charge in [0.15, 0.2) is 18.7 Å². The van der Waals surface area contributed by atoms with Crippen LogP contribution >= 0.6 is 34.0 Å². The SMILES string of the molecule is CC.CC.CC.CC.CC.CC.CC.CC(C)c1ccn[nH]1.CC(C)c1cnco1.CC(C)c1cncs1.CC(C)c1cocn1.CC(C)c1cscn1.CC(C)c1ncco1.CC(C)c1nccs1. The second-order valence-electron chi connectivity index (χ2n) is 14.5. The molecule has 11 nitrogen and oxygen atoms in total. The summed E-state index contributed by atoms with van der Waals surface area (Å²) < 4.78 is 14.7. The monoisotopic (exact) mass is 1030 g/mol. The highest BCUT2D eigenvalue weighted by atomic mass is 32.1. The molecule has 7 heterocycles. The Morgan fingerprint density at radius 1 is 0.486 bits per heavy atom. The van der Waals surface area contributed by atoms with Crippen LogP contribution in [0.15, 0.2) is 97.4 Å². The van der Waals surface area contributed by atoms with Crippen molar-refractivity contribution in [2.45, 2.75) is 235 Å². The molecule has 7 aromatic heterocycles. The molecule has 0 aliphatic heterocycles. The summed E-state index contributed by atoms with van der Waals surface area (Å²) in [6.45, 7) is 57.6. The smallest absolute Gasteiger partial charge is 0.196 e. The Morgan fingerprint density at radius 2 is 1.07 bits per heavy atom. The molecule has 70 heavy (non-hydrogen) atoms. The standard InChI is InChI=1S/C6H10N2.3C6H9NO.3C6H9NS.7C2H6/c1-5(2)6-3-4-7-8-6;1-5(2)6-3-8-4-7-6;1-5(2)6-3-7-4-8-6;1-5(2)6-7-3-4-8-6;1-5(2)6-3-8-4-7-6;1-5(2)6-3-7-4-8-6;1-5(2)6-7-3-4-8-6;7*1-2/h3-5H,1-2H3,(H,7,8);6*3-5H,1-2H3;7*1-2H3. The zero-order valence-corrected chi connectivity index (χ0v) is 52.2. The molecule has 0 unspecified atom stereocenters. The normalized spacial score (nSPS) is 8.90. The van der Waals surface area contributed by atoms with Crippen LogP contribution in [-0.2, 0) is 0 Å². The maximum Gasteiger partial charge on any atom is 0.196 e. The minimum Gasteiger partial charge on any atom is -0.451 e. The number of aromatic nitrogens is 8. The number of nitrogens with zero attached hydrogens (tertiary/aromatic N) is 7. The van der Waals surface area contributed by atoms with E-state index in [0.717, 1.165) is 17.3 Å². The van der Waals surface area contributed by atoms with E-state index in [1.165, 1.54) is 34.1 Å². The molecule has 0 spiro atoms. The molecule has 1 N–H and O–H groups in total. The number of thiazole rings is 3. The van der Waals surface area contributed by atoms with Crippen LogP contribution in [0, 0.1) is 0 Å². The molecule has 0 radical (unpaired) electrons. The van der Waals surface area contributed by atoms with Gasteiger partial charge in [0.25, 0.3) is 0 Å². The van der Waals surface area contributed by atoms with Crippen molar-refractivity contribution >= 4 is 34.0 Å². The van der Waals surface area contributed by atoms with E-state index in [2.05, 4.69) is 129 Å². The van der Waals surface area contributed by atoms with Crippen LogP contribution in [0.4, 0.5) is 0 Å². The zero-order valence-electron chi connectivity index (χ0n) is 49.7. The third-order valence-electron chi connectivity index (χ3n) is 7.16. The summed E-state index contributed by atoms with van der Waals surface area (Å²) in [5.41, 5.74) is 7.16. The fourth-order valence-corrected chi connectivity index (χ4v) is 5.67. The summed E-state index contributed by atoms with van der Waals surface area (Å²) in [6, 6.07) is 1.99. The van der Waals surface area contributed by atoms with Crippen molar-refractivity contribution in [2.75, 3.05) is 0 Å². The molecular formula is C56H106N8O3S3. The Morgan fingerprint density at radius 3 is 1.27 bits per heavy atom. The van der Waals surface area contributed by atoms with Gasteiger partial charge in [0.05, 0.1) is 39.8 Å². The van der Waals surface area contributed by atoms with Gasteiger partial charge in [-0.3, -0.25) is 10.1 Å². The van der Waals surface area contributed by atoms with Crippen LogP contribution < -0.4 is 0 Å². The van der Waals surface area contributed by atoms with Gasteiger partial charge in [-0.25, -0.2) is 24.9 Å². The second kappa shape index (κ2) is 60.9. The lowest BCUT2D eigenvalue weighted by Gasteiger charge is -1.95. The Bertz CT molecular complexity index is 1390. The fourth-order valence-electron chi connectivity index (χ4n) is 3.66. The summed E-state index contributed by atoms with van der Waals surface area (Å²) in [5.74, 6) is 5.49. The van der Waals surface area contributed by atoms with Crippen molar-refractivity contribution in [2.24, 2.45) is 0 Å². The summed E-state index contributed by atoms with van der Waals surface area (Å²) in [5, 5.41) is 12.0. The predicted molar refractivity (Wildman–Crippen MR) is 312 cm³/mol. The van der Waals surface area contributed by atoms with E-state index in [9.17, 15) is 0 Å². The number of hydrogen-bond acceptors (Lipinski definition) is 13. The van der Waals surface area contributed by atoms with Gasteiger partial charge in [-0.05, 0) is 29.7 Å². The van der Waals surface area contributed by atoms with Gasteiger partial charge in [-0.15, -0.1) is 34.0 Å². The van der Waals surface area contributed by atoms with Crippen LogP contribution in [0.5, 0.6) is 0 Å². The van der Waals surface area contributed by atoms with Gasteiger partial charge < -0.3 is 13.3 Å². The Labute approximate surface area is 443 Å². The average Bonchev–Trinajstić information content (AvgIpc) is 4.26. The molecule has 0 fully saturated rings. The maximum absolute atomic E-state index is 4.98. The minimum absolute atomic E-state index is 0.407. The molecule has 14 heteroatoms. The molecule has 0 saturated carbocycles. The highest BCUT2D eigenvalue weighted by molar-refractivity contribution is 7.09. The van der Waals surface area contributed by atoms with Crippen LogP contribution in [0.1, 0.15) is 274 Å². The lowest BCUT2D eigenvalue weighted by Crippen LogP contribution is -1.85. The van der Waals surface area contributed by atoms with Crippen molar-refractivity contribution in [3.8, 4) is 0 Å². The molecule has 7 rings (SSSR count). The fraction of sp³-hybridized carbons (Fsp3) is 0.625. The first-order valence-corrected chi connectivity index (χ1v) is 28.6. The summed E-state index contributed by atoms with van der Waals surface area (Å²) in [4.78, 5) is 25.3. The number of hydrogen-bond donors (Lipinski definition) is 1. The first kappa shape index (κ1) is 79.8. The summed E-state index contributed by atoms with van der Waals surface area (Å²) in [6.07, 6.45) is 15.1. The van der Waals surface area contributed by atoms with E-state index in [-0.39, 0.29) is 0 Å². The minimum atomic E-state index is 0.407. The van der Waals surface area contributed by atoms with E-state index in [1.54, 1.807) is 65.1 Å². The molecule has 7 aromatic rings. The first-order valence-electron chi connectivity index (χ1n) is 25.9. The molecule has 0 aliphatic rings. The van der Waals surface area contributed by atoms with Crippen LogP contribution in [0.25, 0.3) is 0 Å². The second-order valence-corrected chi connectivity index (χ2v) is 17.0. The quantitative estimate of drug-likeness (QED) is 0.164. The van der Waals surface area contributed by atoms with E-state index < -0.39 is 0 Å². The summed E-state index contributed by atoms with van der Waals surface area (Å²) >= 11 is 5.10. The third kappa shape index (κ3) is 47.4. The van der Waals surface area contributed by atoms with E-state index in [4.69, 9.17) is 13.3 Å². The molecule has 406 valence electrons. The first-order chi connectivity index (χ1) is 33.6. The Kier molecular flexibility index (Phi) is 69.4. The van der Waals surface area contributed by atoms with Gasteiger partial charge in [-0.2, -0.15) is 5.10 Å². The predicted octanol–water partition coefficient (Wildman–Crippen LogP) is 20.9. The van der Waals surface area contributed by atoms with Crippen molar-refractivity contribution < 1.29 is 13.3 Å². The molecule has 0 amide bonds. The van der Waals surface area contributed by atoms with Gasteiger partial charge in [0.2, 0.25) is 0 Å². The van der Waals surface area contributed by atoms with Crippen molar-refractivity contribution in [3.05, 3.63) is 123 Å².